The molecule has 1 fully saturated rings. The standard InChI is InChI=1S/C26H36N2O2S/c1-2-3-4-5-9-14-25(29)28(19-23-15-16-23)21-26(30)27(20-24-13-10-17-31-24)18-22-11-7-6-8-12-22/h6-8,10-13,17,23H,2-5,9,14-16,18-21H2,1H3. The van der Waals surface area contributed by atoms with E-state index in [9.17, 15) is 9.59 Å². The summed E-state index contributed by atoms with van der Waals surface area (Å²) < 4.78 is 0. The lowest BCUT2D eigenvalue weighted by molar-refractivity contribution is -0.141. The molecule has 0 aliphatic heterocycles. The maximum Gasteiger partial charge on any atom is 0.242 e. The summed E-state index contributed by atoms with van der Waals surface area (Å²) >= 11 is 1.67. The molecule has 3 rings (SSSR count). The molecule has 1 saturated carbocycles. The van der Waals surface area contributed by atoms with Crippen LogP contribution in [-0.2, 0) is 22.7 Å². The lowest BCUT2D eigenvalue weighted by Gasteiger charge is -2.28. The minimum Gasteiger partial charge on any atom is -0.333 e. The van der Waals surface area contributed by atoms with E-state index in [0.717, 1.165) is 24.9 Å². The highest BCUT2D eigenvalue weighted by Crippen LogP contribution is 2.30. The Labute approximate surface area is 191 Å². The number of carbonyl (C=O) groups excluding carboxylic acids is 2. The van der Waals surface area contributed by atoms with Crippen molar-refractivity contribution in [3.8, 4) is 0 Å². The molecule has 1 aliphatic rings. The molecule has 5 heteroatoms. The topological polar surface area (TPSA) is 40.6 Å². The van der Waals surface area contributed by atoms with Crippen molar-refractivity contribution in [2.24, 2.45) is 5.92 Å². The molecule has 1 aromatic heterocycles. The van der Waals surface area contributed by atoms with E-state index in [-0.39, 0.29) is 18.4 Å². The molecule has 0 saturated heterocycles. The van der Waals surface area contributed by atoms with Crippen LogP contribution in [0.25, 0.3) is 0 Å². The predicted octanol–water partition coefficient (Wildman–Crippen LogP) is 5.88. The van der Waals surface area contributed by atoms with Gasteiger partial charge >= 0.3 is 0 Å². The molecule has 0 radical (unpaired) electrons. The molecule has 1 heterocycles. The van der Waals surface area contributed by atoms with Gasteiger partial charge in [-0.3, -0.25) is 9.59 Å². The van der Waals surface area contributed by atoms with Crippen molar-refractivity contribution >= 4 is 23.2 Å². The number of nitrogens with zero attached hydrogens (tertiary/aromatic N) is 2. The maximum absolute atomic E-state index is 13.3. The van der Waals surface area contributed by atoms with Crippen LogP contribution < -0.4 is 0 Å². The second-order valence-corrected chi connectivity index (χ2v) is 9.73. The van der Waals surface area contributed by atoms with Crippen molar-refractivity contribution in [2.75, 3.05) is 13.1 Å². The van der Waals surface area contributed by atoms with Crippen molar-refractivity contribution in [2.45, 2.75) is 71.4 Å². The summed E-state index contributed by atoms with van der Waals surface area (Å²) in [4.78, 5) is 31.2. The molecule has 0 N–H and O–H groups in total. The first-order valence-electron chi connectivity index (χ1n) is 11.8. The SMILES string of the molecule is CCCCCCCC(=O)N(CC(=O)N(Cc1ccccc1)Cc1cccs1)CC1CC1. The Hall–Kier alpha value is -2.14. The molecule has 1 aliphatic carbocycles. The number of benzene rings is 1. The van der Waals surface area contributed by atoms with E-state index in [1.54, 1.807) is 11.3 Å². The van der Waals surface area contributed by atoms with E-state index < -0.39 is 0 Å². The highest BCUT2D eigenvalue weighted by atomic mass is 32.1. The quantitative estimate of drug-likeness (QED) is 0.344. The predicted molar refractivity (Wildman–Crippen MR) is 128 cm³/mol. The summed E-state index contributed by atoms with van der Waals surface area (Å²) in [6.45, 7) is 4.29. The molecular weight excluding hydrogens is 404 g/mol. The Kier molecular flexibility index (Phi) is 9.60. The van der Waals surface area contributed by atoms with Gasteiger partial charge in [0, 0.05) is 24.4 Å². The Morgan fingerprint density at radius 3 is 2.35 bits per heavy atom. The average Bonchev–Trinajstić information content (AvgIpc) is 3.45. The van der Waals surface area contributed by atoms with Crippen LogP contribution in [0.15, 0.2) is 47.8 Å². The van der Waals surface area contributed by atoms with Crippen molar-refractivity contribution < 1.29 is 9.59 Å². The number of hydrogen-bond acceptors (Lipinski definition) is 3. The van der Waals surface area contributed by atoms with Gasteiger partial charge in [0.25, 0.3) is 0 Å². The van der Waals surface area contributed by atoms with E-state index in [1.165, 1.54) is 37.0 Å². The van der Waals surface area contributed by atoms with Gasteiger partial charge in [0.2, 0.25) is 11.8 Å². The number of carbonyl (C=O) groups is 2. The lowest BCUT2D eigenvalue weighted by atomic mass is 10.1. The van der Waals surface area contributed by atoms with E-state index in [0.29, 0.717) is 25.4 Å². The van der Waals surface area contributed by atoms with Crippen molar-refractivity contribution in [1.82, 2.24) is 9.80 Å². The lowest BCUT2D eigenvalue weighted by Crippen LogP contribution is -2.43. The van der Waals surface area contributed by atoms with Gasteiger partial charge in [-0.2, -0.15) is 0 Å². The maximum atomic E-state index is 13.3. The molecule has 0 atom stereocenters. The van der Waals surface area contributed by atoms with Crippen LogP contribution in [0, 0.1) is 5.92 Å². The smallest absolute Gasteiger partial charge is 0.242 e. The number of thiophene rings is 1. The summed E-state index contributed by atoms with van der Waals surface area (Å²) in [7, 11) is 0. The molecule has 4 nitrogen and oxygen atoms in total. The zero-order valence-corrected chi connectivity index (χ0v) is 19.6. The molecule has 0 unspecified atom stereocenters. The van der Waals surface area contributed by atoms with Crippen LogP contribution in [0.2, 0.25) is 0 Å². The first kappa shape index (κ1) is 23.5. The second kappa shape index (κ2) is 12.7. The van der Waals surface area contributed by atoms with Gasteiger partial charge in [0.05, 0.1) is 13.1 Å². The fourth-order valence-electron chi connectivity index (χ4n) is 3.79. The normalized spacial score (nSPS) is 13.2. The highest BCUT2D eigenvalue weighted by molar-refractivity contribution is 7.09. The van der Waals surface area contributed by atoms with E-state index >= 15 is 0 Å². The Morgan fingerprint density at radius 1 is 0.903 bits per heavy atom. The molecule has 1 aromatic carbocycles. The summed E-state index contributed by atoms with van der Waals surface area (Å²) in [6, 6.07) is 14.2. The molecule has 0 bridgehead atoms. The third kappa shape index (κ3) is 8.48. The first-order chi connectivity index (χ1) is 15.2. The van der Waals surface area contributed by atoms with Crippen molar-refractivity contribution in [3.05, 3.63) is 58.3 Å². The number of hydrogen-bond donors (Lipinski definition) is 0. The zero-order chi connectivity index (χ0) is 21.9. The number of unbranched alkanes of at least 4 members (excludes halogenated alkanes) is 4. The summed E-state index contributed by atoms with van der Waals surface area (Å²) in [5.74, 6) is 0.765. The van der Waals surface area contributed by atoms with Crippen molar-refractivity contribution in [3.63, 3.8) is 0 Å². The molecular formula is C26H36N2O2S. The Morgan fingerprint density at radius 2 is 1.68 bits per heavy atom. The van der Waals surface area contributed by atoms with Crippen LogP contribution in [0.5, 0.6) is 0 Å². The molecule has 0 spiro atoms. The van der Waals surface area contributed by atoms with Gasteiger partial charge in [0.15, 0.2) is 0 Å². The Bertz CT molecular complexity index is 787. The third-order valence-corrected chi connectivity index (χ3v) is 6.71. The number of rotatable bonds is 14. The molecule has 2 aromatic rings. The van der Waals surface area contributed by atoms with Crippen LogP contribution in [0.1, 0.15) is 68.7 Å². The minimum atomic E-state index is 0.0391. The van der Waals surface area contributed by atoms with Gasteiger partial charge in [-0.25, -0.2) is 0 Å². The van der Waals surface area contributed by atoms with Crippen LogP contribution in [0.4, 0.5) is 0 Å². The van der Waals surface area contributed by atoms with Crippen molar-refractivity contribution in [1.29, 1.82) is 0 Å². The van der Waals surface area contributed by atoms with Gasteiger partial charge in [-0.05, 0) is 42.2 Å². The number of amides is 2. The van der Waals surface area contributed by atoms with Crippen LogP contribution in [0.3, 0.4) is 0 Å². The average molecular weight is 441 g/mol. The monoisotopic (exact) mass is 440 g/mol. The largest absolute Gasteiger partial charge is 0.333 e. The van der Waals surface area contributed by atoms with Crippen LogP contribution >= 0.6 is 11.3 Å². The first-order valence-corrected chi connectivity index (χ1v) is 12.7. The van der Waals surface area contributed by atoms with Gasteiger partial charge in [0.1, 0.15) is 0 Å². The zero-order valence-electron chi connectivity index (χ0n) is 18.8. The fourth-order valence-corrected chi connectivity index (χ4v) is 4.51. The summed E-state index contributed by atoms with van der Waals surface area (Å²) in [6.07, 6.45) is 8.58. The fraction of sp³-hybridized carbons (Fsp3) is 0.538. The summed E-state index contributed by atoms with van der Waals surface area (Å²) in [5, 5.41) is 2.04. The van der Waals surface area contributed by atoms with E-state index in [1.807, 2.05) is 39.4 Å². The Balaban J connectivity index is 1.61. The summed E-state index contributed by atoms with van der Waals surface area (Å²) in [5.41, 5.74) is 1.11. The van der Waals surface area contributed by atoms with Gasteiger partial charge in [-0.15, -0.1) is 11.3 Å². The van der Waals surface area contributed by atoms with E-state index in [2.05, 4.69) is 25.1 Å². The van der Waals surface area contributed by atoms with Gasteiger partial charge < -0.3 is 9.80 Å². The molecule has 168 valence electrons. The van der Waals surface area contributed by atoms with E-state index in [4.69, 9.17) is 0 Å². The molecule has 31 heavy (non-hydrogen) atoms. The highest BCUT2D eigenvalue weighted by Gasteiger charge is 2.29. The third-order valence-electron chi connectivity index (χ3n) is 5.84. The second-order valence-electron chi connectivity index (χ2n) is 8.70. The molecule has 2 amide bonds. The van der Waals surface area contributed by atoms with Gasteiger partial charge in [-0.1, -0.05) is 69.0 Å². The minimum absolute atomic E-state index is 0.0391. The van der Waals surface area contributed by atoms with Crippen LogP contribution in [-0.4, -0.2) is 34.7 Å².